The Hall–Kier alpha value is -2.58. The van der Waals surface area contributed by atoms with Gasteiger partial charge in [0.25, 0.3) is 0 Å². The molecular weight excluding hydrogens is 400 g/mol. The fraction of sp³-hybridized carbons (Fsp3) is 0.409. The number of nitrogens with zero attached hydrogens (tertiary/aromatic N) is 2. The molecule has 1 saturated heterocycles. The minimum Gasteiger partial charge on any atom is -0.369 e. The molecule has 1 atom stereocenters. The summed E-state index contributed by atoms with van der Waals surface area (Å²) in [6.45, 7) is 8.02. The second-order valence-corrected chi connectivity index (χ2v) is 9.75. The van der Waals surface area contributed by atoms with Gasteiger partial charge >= 0.3 is 6.03 Å². The van der Waals surface area contributed by atoms with Crippen molar-refractivity contribution in [3.63, 3.8) is 0 Å². The summed E-state index contributed by atoms with van der Waals surface area (Å²) in [5, 5.41) is 5.61. The van der Waals surface area contributed by atoms with Gasteiger partial charge < -0.3 is 15.5 Å². The van der Waals surface area contributed by atoms with Gasteiger partial charge in [-0.25, -0.2) is 13.2 Å². The lowest BCUT2D eigenvalue weighted by molar-refractivity contribution is 0.192. The van der Waals surface area contributed by atoms with Crippen LogP contribution >= 0.6 is 0 Å². The maximum Gasteiger partial charge on any atom is 0.319 e. The summed E-state index contributed by atoms with van der Waals surface area (Å²) in [6, 6.07) is 16.6. The minimum atomic E-state index is -3.30. The highest BCUT2D eigenvalue weighted by Gasteiger charge is 2.21. The second kappa shape index (κ2) is 9.95. The van der Waals surface area contributed by atoms with Crippen molar-refractivity contribution in [1.82, 2.24) is 10.2 Å². The van der Waals surface area contributed by atoms with Crippen LogP contribution < -0.4 is 15.5 Å². The summed E-state index contributed by atoms with van der Waals surface area (Å²) in [4.78, 5) is 17.2. The van der Waals surface area contributed by atoms with E-state index in [0.717, 1.165) is 26.2 Å². The number of rotatable bonds is 7. The zero-order valence-electron chi connectivity index (χ0n) is 17.5. The monoisotopic (exact) mass is 430 g/mol. The van der Waals surface area contributed by atoms with Gasteiger partial charge in [-0.15, -0.1) is 0 Å². The highest BCUT2D eigenvalue weighted by atomic mass is 32.2. The number of benzene rings is 2. The predicted octanol–water partition coefficient (Wildman–Crippen LogP) is 2.81. The number of hydrogen-bond donors (Lipinski definition) is 2. The van der Waals surface area contributed by atoms with Crippen molar-refractivity contribution in [3.05, 3.63) is 54.6 Å². The second-order valence-electron chi connectivity index (χ2n) is 7.47. The number of hydrogen-bond acceptors (Lipinski definition) is 5. The van der Waals surface area contributed by atoms with Crippen molar-refractivity contribution in [2.24, 2.45) is 0 Å². The van der Waals surface area contributed by atoms with Gasteiger partial charge in [-0.2, -0.15) is 0 Å². The van der Waals surface area contributed by atoms with E-state index in [4.69, 9.17) is 0 Å². The number of para-hydroxylation sites is 1. The van der Waals surface area contributed by atoms with Gasteiger partial charge in [-0.1, -0.05) is 31.2 Å². The lowest BCUT2D eigenvalue weighted by Gasteiger charge is -2.39. The predicted molar refractivity (Wildman–Crippen MR) is 121 cm³/mol. The molecule has 7 nitrogen and oxygen atoms in total. The first-order chi connectivity index (χ1) is 14.4. The molecule has 0 spiro atoms. The molecule has 1 heterocycles. The number of sulfone groups is 1. The SMILES string of the molecule is CCS(=O)(=O)c1cccc(NC(=O)NCC(C)N2CCN(c3ccccc3)CC2)c1. The number of amides is 2. The lowest BCUT2D eigenvalue weighted by Crippen LogP contribution is -2.52. The molecule has 0 aromatic heterocycles. The number of carbonyl (C=O) groups is 1. The number of anilines is 2. The molecule has 2 aromatic carbocycles. The van der Waals surface area contributed by atoms with Crippen LogP contribution in [0.4, 0.5) is 16.2 Å². The summed E-state index contributed by atoms with van der Waals surface area (Å²) in [5.74, 6) is 0.0255. The van der Waals surface area contributed by atoms with Gasteiger partial charge in [0.2, 0.25) is 0 Å². The molecular formula is C22H30N4O3S. The highest BCUT2D eigenvalue weighted by Crippen LogP contribution is 2.18. The first-order valence-electron chi connectivity index (χ1n) is 10.3. The molecule has 2 amide bonds. The molecule has 1 aliphatic rings. The third kappa shape index (κ3) is 5.73. The fourth-order valence-electron chi connectivity index (χ4n) is 3.54. The average Bonchev–Trinajstić information content (AvgIpc) is 2.78. The number of urea groups is 1. The first-order valence-corrected chi connectivity index (χ1v) is 12.0. The van der Waals surface area contributed by atoms with Crippen molar-refractivity contribution in [2.45, 2.75) is 24.8 Å². The molecule has 0 saturated carbocycles. The van der Waals surface area contributed by atoms with Crippen LogP contribution in [0.3, 0.4) is 0 Å². The van der Waals surface area contributed by atoms with Crippen LogP contribution in [0.2, 0.25) is 0 Å². The van der Waals surface area contributed by atoms with Crippen molar-refractivity contribution in [2.75, 3.05) is 48.7 Å². The van der Waals surface area contributed by atoms with E-state index < -0.39 is 9.84 Å². The van der Waals surface area contributed by atoms with Crippen molar-refractivity contribution >= 4 is 27.2 Å². The molecule has 30 heavy (non-hydrogen) atoms. The van der Waals surface area contributed by atoms with E-state index in [-0.39, 0.29) is 22.7 Å². The number of carbonyl (C=O) groups excluding carboxylic acids is 1. The smallest absolute Gasteiger partial charge is 0.319 e. The van der Waals surface area contributed by atoms with Crippen molar-refractivity contribution in [1.29, 1.82) is 0 Å². The van der Waals surface area contributed by atoms with E-state index in [1.54, 1.807) is 25.1 Å². The van der Waals surface area contributed by atoms with Gasteiger partial charge in [-0.05, 0) is 37.3 Å². The average molecular weight is 431 g/mol. The summed E-state index contributed by atoms with van der Waals surface area (Å²) >= 11 is 0. The van der Waals surface area contributed by atoms with Crippen molar-refractivity contribution in [3.8, 4) is 0 Å². The summed E-state index contributed by atoms with van der Waals surface area (Å²) < 4.78 is 24.0. The van der Waals surface area contributed by atoms with Crippen LogP contribution in [0.25, 0.3) is 0 Å². The largest absolute Gasteiger partial charge is 0.369 e. The highest BCUT2D eigenvalue weighted by molar-refractivity contribution is 7.91. The lowest BCUT2D eigenvalue weighted by atomic mass is 10.2. The van der Waals surface area contributed by atoms with Crippen LogP contribution in [0.1, 0.15) is 13.8 Å². The van der Waals surface area contributed by atoms with Crippen LogP contribution in [0.15, 0.2) is 59.5 Å². The molecule has 3 rings (SSSR count). The number of piperazine rings is 1. The van der Waals surface area contributed by atoms with Gasteiger partial charge in [0, 0.05) is 50.1 Å². The summed E-state index contributed by atoms with van der Waals surface area (Å²) in [5.41, 5.74) is 1.71. The topological polar surface area (TPSA) is 81.7 Å². The summed E-state index contributed by atoms with van der Waals surface area (Å²) in [6.07, 6.45) is 0. The molecule has 0 aliphatic carbocycles. The van der Waals surface area contributed by atoms with E-state index in [1.165, 1.54) is 11.8 Å². The van der Waals surface area contributed by atoms with Crippen LogP contribution in [0.5, 0.6) is 0 Å². The zero-order valence-corrected chi connectivity index (χ0v) is 18.4. The Morgan fingerprint density at radius 2 is 1.73 bits per heavy atom. The third-order valence-electron chi connectivity index (χ3n) is 5.45. The Bertz CT molecular complexity index is 942. The Morgan fingerprint density at radius 1 is 1.03 bits per heavy atom. The van der Waals surface area contributed by atoms with Gasteiger partial charge in [-0.3, -0.25) is 4.90 Å². The maximum absolute atomic E-state index is 12.3. The third-order valence-corrected chi connectivity index (χ3v) is 7.18. The maximum atomic E-state index is 12.3. The molecule has 1 unspecified atom stereocenters. The summed E-state index contributed by atoms with van der Waals surface area (Å²) in [7, 11) is -3.30. The normalized spacial score (nSPS) is 16.1. The van der Waals surface area contributed by atoms with E-state index in [9.17, 15) is 13.2 Å². The Morgan fingerprint density at radius 3 is 2.40 bits per heavy atom. The fourth-order valence-corrected chi connectivity index (χ4v) is 4.46. The van der Waals surface area contributed by atoms with Crippen LogP contribution in [-0.2, 0) is 9.84 Å². The Kier molecular flexibility index (Phi) is 7.33. The van der Waals surface area contributed by atoms with E-state index in [1.807, 2.05) is 6.07 Å². The molecule has 8 heteroatoms. The molecule has 1 aliphatic heterocycles. The van der Waals surface area contributed by atoms with E-state index in [0.29, 0.717) is 12.2 Å². The quantitative estimate of drug-likeness (QED) is 0.706. The Balaban J connectivity index is 1.46. The molecule has 0 bridgehead atoms. The molecule has 1 fully saturated rings. The van der Waals surface area contributed by atoms with Gasteiger partial charge in [0.05, 0.1) is 10.6 Å². The molecule has 2 aromatic rings. The number of nitrogens with one attached hydrogen (secondary N) is 2. The van der Waals surface area contributed by atoms with Crippen LogP contribution in [-0.4, -0.2) is 63.9 Å². The van der Waals surface area contributed by atoms with E-state index in [2.05, 4.69) is 51.6 Å². The standard InChI is InChI=1S/C22H30N4O3S/c1-3-30(28,29)21-11-7-8-19(16-21)24-22(27)23-17-18(2)25-12-14-26(15-13-25)20-9-5-4-6-10-20/h4-11,16,18H,3,12-15,17H2,1-2H3,(H2,23,24,27). The molecule has 0 radical (unpaired) electrons. The van der Waals surface area contributed by atoms with Gasteiger partial charge in [0.15, 0.2) is 9.84 Å². The minimum absolute atomic E-state index is 0.0255. The Labute approximate surface area is 179 Å². The van der Waals surface area contributed by atoms with Crippen LogP contribution in [0, 0.1) is 0 Å². The molecule has 2 N–H and O–H groups in total. The molecule has 162 valence electrons. The van der Waals surface area contributed by atoms with Gasteiger partial charge in [0.1, 0.15) is 0 Å². The zero-order chi connectivity index (χ0) is 21.6. The van der Waals surface area contributed by atoms with Crippen molar-refractivity contribution < 1.29 is 13.2 Å². The first kappa shape index (κ1) is 22.1. The van der Waals surface area contributed by atoms with E-state index >= 15 is 0 Å².